The summed E-state index contributed by atoms with van der Waals surface area (Å²) in [4.78, 5) is 0. The minimum absolute atomic E-state index is 0.358. The molecule has 1 rings (SSSR count). The molecule has 0 atom stereocenters. The van der Waals surface area contributed by atoms with E-state index >= 15 is 0 Å². The summed E-state index contributed by atoms with van der Waals surface area (Å²) in [5.41, 5.74) is 0. The van der Waals surface area contributed by atoms with Crippen molar-refractivity contribution in [2.75, 3.05) is 0 Å². The molecule has 0 aliphatic carbocycles. The summed E-state index contributed by atoms with van der Waals surface area (Å²) in [6.07, 6.45) is 0. The Morgan fingerprint density at radius 1 is 1.33 bits per heavy atom. The molecule has 0 aliphatic rings. The van der Waals surface area contributed by atoms with Gasteiger partial charge >= 0.3 is 0 Å². The average molecular weight is 139 g/mol. The fourth-order valence-electron chi connectivity index (χ4n) is 0.703. The van der Waals surface area contributed by atoms with E-state index in [2.05, 4.69) is 19.2 Å². The molecule has 0 fully saturated rings. The lowest BCUT2D eigenvalue weighted by Crippen LogP contribution is -2.19. The Bertz CT molecular complexity index is 191. The van der Waals surface area contributed by atoms with Crippen molar-refractivity contribution in [3.63, 3.8) is 0 Å². The molecule has 2 heteroatoms. The third kappa shape index (κ3) is 1.45. The van der Waals surface area contributed by atoms with Gasteiger partial charge in [-0.05, 0) is 13.0 Å². The topological polar surface area (TPSA) is 13.1 Å². The van der Waals surface area contributed by atoms with E-state index in [-0.39, 0.29) is 8.80 Å². The third-order valence-electron chi connectivity index (χ3n) is 1.23. The number of aryl methyl sites for hydroxylation is 1. The molecular weight excluding hydrogens is 128 g/mol. The van der Waals surface area contributed by atoms with E-state index in [1.807, 2.05) is 13.0 Å². The summed E-state index contributed by atoms with van der Waals surface area (Å²) in [6, 6.07) is 4.09. The zero-order chi connectivity index (χ0) is 6.85. The average Bonchev–Trinajstić information content (AvgIpc) is 2.14. The van der Waals surface area contributed by atoms with E-state index in [0.29, 0.717) is 0 Å². The lowest BCUT2D eigenvalue weighted by Gasteiger charge is -2.11. The molecule has 0 spiro atoms. The molecule has 0 amide bonds. The first-order valence-electron chi connectivity index (χ1n) is 3.07. The van der Waals surface area contributed by atoms with Crippen LogP contribution in [0.4, 0.5) is 0 Å². The van der Waals surface area contributed by atoms with Crippen LogP contribution in [0.5, 0.6) is 0 Å². The minimum atomic E-state index is -0.358. The van der Waals surface area contributed by atoms with Crippen LogP contribution in [0.25, 0.3) is 0 Å². The largest absolute Gasteiger partial charge is 0.503 e. The van der Waals surface area contributed by atoms with Crippen LogP contribution in [-0.2, 0) is 0 Å². The first kappa shape index (κ1) is 6.61. The van der Waals surface area contributed by atoms with E-state index in [0.717, 1.165) is 5.76 Å². The highest BCUT2D eigenvalue weighted by Gasteiger charge is 1.89. The maximum absolute atomic E-state index is 5.39. The van der Waals surface area contributed by atoms with Crippen LogP contribution in [0, 0.1) is 6.92 Å². The second-order valence-corrected chi connectivity index (χ2v) is 4.90. The Kier molecular flexibility index (Phi) is 1.76. The first-order chi connectivity index (χ1) is 4.20. The fraction of sp³-hybridized carbons (Fsp3) is 0.429. The Balaban J connectivity index is 2.85. The van der Waals surface area contributed by atoms with Crippen molar-refractivity contribution >= 4 is 14.2 Å². The lowest BCUT2D eigenvalue weighted by molar-refractivity contribution is 0.564. The molecule has 0 unspecified atom stereocenters. The highest BCUT2D eigenvalue weighted by atomic mass is 28.3. The van der Waals surface area contributed by atoms with Crippen molar-refractivity contribution in [3.05, 3.63) is 17.9 Å². The van der Waals surface area contributed by atoms with Crippen molar-refractivity contribution in [2.24, 2.45) is 0 Å². The van der Waals surface area contributed by atoms with E-state index in [1.54, 1.807) is 0 Å². The summed E-state index contributed by atoms with van der Waals surface area (Å²) < 4.78 is 5.39. The SMILES string of the molecule is Cc1ccc([Si-](C)C)o1. The van der Waals surface area contributed by atoms with Crippen molar-refractivity contribution in [3.8, 4) is 0 Å². The number of furan rings is 1. The molecule has 1 heterocycles. The monoisotopic (exact) mass is 139 g/mol. The molecule has 1 aromatic heterocycles. The molecule has 0 saturated carbocycles. The molecule has 1 aromatic rings. The quantitative estimate of drug-likeness (QED) is 0.538. The molecule has 50 valence electrons. The zero-order valence-electron chi connectivity index (χ0n) is 6.06. The highest BCUT2D eigenvalue weighted by Crippen LogP contribution is 1.95. The Morgan fingerprint density at radius 3 is 2.22 bits per heavy atom. The van der Waals surface area contributed by atoms with Crippen molar-refractivity contribution in [1.82, 2.24) is 0 Å². The Labute approximate surface area is 57.3 Å². The van der Waals surface area contributed by atoms with Gasteiger partial charge in [-0.3, -0.25) is 0 Å². The second-order valence-electron chi connectivity index (χ2n) is 2.41. The van der Waals surface area contributed by atoms with Gasteiger partial charge in [-0.25, -0.2) is 8.80 Å². The van der Waals surface area contributed by atoms with Gasteiger partial charge in [0.15, 0.2) is 0 Å². The molecule has 0 aliphatic heterocycles. The van der Waals surface area contributed by atoms with Crippen LogP contribution in [-0.4, -0.2) is 8.80 Å². The zero-order valence-corrected chi connectivity index (χ0v) is 7.06. The van der Waals surface area contributed by atoms with Gasteiger partial charge in [0.25, 0.3) is 0 Å². The molecule has 0 aromatic carbocycles. The molecule has 9 heavy (non-hydrogen) atoms. The van der Waals surface area contributed by atoms with Crippen LogP contribution < -0.4 is 5.38 Å². The van der Waals surface area contributed by atoms with Crippen molar-refractivity contribution in [2.45, 2.75) is 20.0 Å². The van der Waals surface area contributed by atoms with Gasteiger partial charge < -0.3 is 4.42 Å². The van der Waals surface area contributed by atoms with Gasteiger partial charge in [0.1, 0.15) is 0 Å². The predicted octanol–water partition coefficient (Wildman–Crippen LogP) is 1.55. The van der Waals surface area contributed by atoms with Crippen LogP contribution in [0.1, 0.15) is 5.76 Å². The third-order valence-corrected chi connectivity index (χ3v) is 2.49. The minimum Gasteiger partial charge on any atom is -0.503 e. The fourth-order valence-corrected chi connectivity index (χ4v) is 1.49. The first-order valence-corrected chi connectivity index (χ1v) is 5.57. The summed E-state index contributed by atoms with van der Waals surface area (Å²) in [6.45, 7) is 6.43. The second kappa shape index (κ2) is 2.39. The van der Waals surface area contributed by atoms with Crippen LogP contribution >= 0.6 is 0 Å². The Morgan fingerprint density at radius 2 is 2.00 bits per heavy atom. The number of hydrogen-bond donors (Lipinski definition) is 0. The standard InChI is InChI=1S/C7H11OSi/c1-6-4-5-7(8-6)9(2)3/h4-5H,1-3H3/q-1. The molecule has 0 saturated heterocycles. The summed E-state index contributed by atoms with van der Waals surface area (Å²) in [7, 11) is -0.358. The van der Waals surface area contributed by atoms with E-state index in [4.69, 9.17) is 4.42 Å². The smallest absolute Gasteiger partial charge is 0.0959 e. The molecule has 0 N–H and O–H groups in total. The van der Waals surface area contributed by atoms with Crippen LogP contribution in [0.15, 0.2) is 16.5 Å². The van der Waals surface area contributed by atoms with E-state index < -0.39 is 0 Å². The van der Waals surface area contributed by atoms with Gasteiger partial charge in [-0.2, -0.15) is 13.1 Å². The lowest BCUT2D eigenvalue weighted by atomic mass is 10.5. The van der Waals surface area contributed by atoms with Crippen molar-refractivity contribution in [1.29, 1.82) is 0 Å². The van der Waals surface area contributed by atoms with Gasteiger partial charge in [0.05, 0.1) is 5.76 Å². The van der Waals surface area contributed by atoms with E-state index in [9.17, 15) is 0 Å². The maximum atomic E-state index is 5.39. The number of rotatable bonds is 1. The highest BCUT2D eigenvalue weighted by molar-refractivity contribution is 6.69. The van der Waals surface area contributed by atoms with Gasteiger partial charge in [-0.15, -0.1) is 0 Å². The molecule has 0 bridgehead atoms. The van der Waals surface area contributed by atoms with Crippen LogP contribution in [0.3, 0.4) is 0 Å². The summed E-state index contributed by atoms with van der Waals surface area (Å²) >= 11 is 0. The predicted molar refractivity (Wildman–Crippen MR) is 40.6 cm³/mol. The van der Waals surface area contributed by atoms with Gasteiger partial charge in [0.2, 0.25) is 0 Å². The Hall–Kier alpha value is -0.503. The summed E-state index contributed by atoms with van der Waals surface area (Å²) in [5, 5.41) is 1.18. The van der Waals surface area contributed by atoms with E-state index in [1.165, 1.54) is 5.38 Å². The summed E-state index contributed by atoms with van der Waals surface area (Å²) in [5.74, 6) is 1.02. The maximum Gasteiger partial charge on any atom is 0.0959 e. The van der Waals surface area contributed by atoms with Gasteiger partial charge in [-0.1, -0.05) is 11.4 Å². The molecule has 0 radical (unpaired) electrons. The number of hydrogen-bond acceptors (Lipinski definition) is 1. The normalized spacial score (nSPS) is 9.67. The molecular formula is C7H11OSi-. The van der Waals surface area contributed by atoms with Crippen LogP contribution in [0.2, 0.25) is 13.1 Å². The van der Waals surface area contributed by atoms with Crippen molar-refractivity contribution < 1.29 is 4.42 Å². The molecule has 1 nitrogen and oxygen atoms in total. The van der Waals surface area contributed by atoms with Gasteiger partial charge in [0, 0.05) is 0 Å².